The first kappa shape index (κ1) is 11.8. The molecule has 0 aromatic carbocycles. The van der Waals surface area contributed by atoms with E-state index in [0.717, 1.165) is 8.68 Å². The van der Waals surface area contributed by atoms with Crippen LogP contribution in [-0.4, -0.2) is 34.8 Å². The minimum Gasteiger partial charge on any atom is -0.468 e. The van der Waals surface area contributed by atoms with E-state index >= 15 is 0 Å². The van der Waals surface area contributed by atoms with Gasteiger partial charge in [-0.05, 0) is 13.2 Å². The number of hydrogen-bond acceptors (Lipinski definition) is 7. The van der Waals surface area contributed by atoms with E-state index in [1.807, 2.05) is 6.26 Å². The number of rotatable bonds is 4. The molecule has 1 heterocycles. The maximum atomic E-state index is 11.1. The van der Waals surface area contributed by atoms with E-state index in [1.165, 1.54) is 30.2 Å². The van der Waals surface area contributed by atoms with Crippen LogP contribution in [0.3, 0.4) is 0 Å². The zero-order chi connectivity index (χ0) is 10.6. The van der Waals surface area contributed by atoms with Gasteiger partial charge >= 0.3 is 5.97 Å². The monoisotopic (exact) mass is 250 g/mol. The van der Waals surface area contributed by atoms with Crippen molar-refractivity contribution in [2.75, 3.05) is 13.4 Å². The van der Waals surface area contributed by atoms with E-state index in [9.17, 15) is 4.79 Å². The molecular formula is C7H10N2O2S3. The van der Waals surface area contributed by atoms with Gasteiger partial charge < -0.3 is 4.74 Å². The van der Waals surface area contributed by atoms with E-state index in [-0.39, 0.29) is 11.2 Å². The van der Waals surface area contributed by atoms with Gasteiger partial charge in [0.25, 0.3) is 0 Å². The highest BCUT2D eigenvalue weighted by Gasteiger charge is 2.17. The first-order chi connectivity index (χ1) is 6.67. The van der Waals surface area contributed by atoms with Gasteiger partial charge in [0, 0.05) is 0 Å². The molecule has 0 fully saturated rings. The highest BCUT2D eigenvalue weighted by molar-refractivity contribution is 8.03. The Bertz CT molecular complexity index is 316. The molecular weight excluding hydrogens is 240 g/mol. The van der Waals surface area contributed by atoms with Gasteiger partial charge in [0.1, 0.15) is 5.25 Å². The summed E-state index contributed by atoms with van der Waals surface area (Å²) in [4.78, 5) is 11.1. The summed E-state index contributed by atoms with van der Waals surface area (Å²) in [7, 11) is 1.38. The third-order valence-corrected chi connectivity index (χ3v) is 4.43. The molecule has 0 spiro atoms. The van der Waals surface area contributed by atoms with Crippen molar-refractivity contribution in [1.82, 2.24) is 10.2 Å². The summed E-state index contributed by atoms with van der Waals surface area (Å²) in [5.41, 5.74) is 0. The number of methoxy groups -OCH3 is 1. The molecule has 0 aliphatic carbocycles. The van der Waals surface area contributed by atoms with E-state index in [0.29, 0.717) is 0 Å². The molecule has 1 aromatic rings. The van der Waals surface area contributed by atoms with E-state index < -0.39 is 0 Å². The third kappa shape index (κ3) is 3.14. The molecule has 0 N–H and O–H groups in total. The fraction of sp³-hybridized carbons (Fsp3) is 0.571. The fourth-order valence-electron chi connectivity index (χ4n) is 0.693. The van der Waals surface area contributed by atoms with E-state index in [1.54, 1.807) is 18.7 Å². The minimum atomic E-state index is -0.240. The van der Waals surface area contributed by atoms with E-state index in [2.05, 4.69) is 14.9 Å². The maximum Gasteiger partial charge on any atom is 0.318 e. The Morgan fingerprint density at radius 1 is 1.50 bits per heavy atom. The lowest BCUT2D eigenvalue weighted by Gasteiger charge is -2.04. The van der Waals surface area contributed by atoms with Crippen LogP contribution in [0.2, 0.25) is 0 Å². The van der Waals surface area contributed by atoms with Crippen LogP contribution in [0, 0.1) is 0 Å². The van der Waals surface area contributed by atoms with Crippen LogP contribution in [-0.2, 0) is 9.53 Å². The van der Waals surface area contributed by atoms with Crippen molar-refractivity contribution in [3.8, 4) is 0 Å². The number of carbonyl (C=O) groups is 1. The first-order valence-electron chi connectivity index (χ1n) is 3.79. The molecule has 0 saturated carbocycles. The van der Waals surface area contributed by atoms with Crippen molar-refractivity contribution in [3.05, 3.63) is 0 Å². The Kier molecular flexibility index (Phi) is 4.70. The Labute approximate surface area is 94.8 Å². The Balaban J connectivity index is 2.55. The summed E-state index contributed by atoms with van der Waals surface area (Å²) in [5.74, 6) is -0.240. The second-order valence-corrected chi connectivity index (χ2v) is 5.94. The number of thioether (sulfide) groups is 2. The normalized spacial score (nSPS) is 12.5. The van der Waals surface area contributed by atoms with Crippen LogP contribution >= 0.6 is 34.9 Å². The van der Waals surface area contributed by atoms with Crippen molar-refractivity contribution >= 4 is 40.8 Å². The van der Waals surface area contributed by atoms with Crippen LogP contribution < -0.4 is 0 Å². The molecule has 78 valence electrons. The largest absolute Gasteiger partial charge is 0.468 e. The Morgan fingerprint density at radius 3 is 2.64 bits per heavy atom. The van der Waals surface area contributed by atoms with Crippen molar-refractivity contribution in [1.29, 1.82) is 0 Å². The third-order valence-electron chi connectivity index (χ3n) is 1.37. The van der Waals surface area contributed by atoms with Crippen molar-refractivity contribution in [3.63, 3.8) is 0 Å². The lowest BCUT2D eigenvalue weighted by atomic mass is 10.5. The summed E-state index contributed by atoms with van der Waals surface area (Å²) < 4.78 is 6.31. The average molecular weight is 250 g/mol. The second kappa shape index (κ2) is 5.57. The molecule has 14 heavy (non-hydrogen) atoms. The number of carbonyl (C=O) groups excluding carboxylic acids is 1. The van der Waals surface area contributed by atoms with Gasteiger partial charge in [-0.2, -0.15) is 0 Å². The van der Waals surface area contributed by atoms with Gasteiger partial charge in [0.15, 0.2) is 8.68 Å². The summed E-state index contributed by atoms with van der Waals surface area (Å²) in [5, 5.41) is 7.64. The topological polar surface area (TPSA) is 52.1 Å². The number of aromatic nitrogens is 2. The summed E-state index contributed by atoms with van der Waals surface area (Å²) in [6, 6.07) is 0. The molecule has 7 heteroatoms. The first-order valence-corrected chi connectivity index (χ1v) is 6.71. The zero-order valence-electron chi connectivity index (χ0n) is 8.01. The SMILES string of the molecule is COC(=O)[C@H](C)Sc1nnc(SC)s1. The highest BCUT2D eigenvalue weighted by atomic mass is 32.2. The zero-order valence-corrected chi connectivity index (χ0v) is 10.5. The van der Waals surface area contributed by atoms with Crippen molar-refractivity contribution in [2.45, 2.75) is 20.9 Å². The quantitative estimate of drug-likeness (QED) is 0.601. The molecule has 0 aliphatic rings. The number of ether oxygens (including phenoxy) is 1. The van der Waals surface area contributed by atoms with Gasteiger partial charge in [-0.1, -0.05) is 34.9 Å². The van der Waals surface area contributed by atoms with Crippen molar-refractivity contribution in [2.24, 2.45) is 0 Å². The van der Waals surface area contributed by atoms with Gasteiger partial charge in [0.05, 0.1) is 7.11 Å². The molecule has 0 saturated heterocycles. The lowest BCUT2D eigenvalue weighted by Crippen LogP contribution is -2.14. The van der Waals surface area contributed by atoms with Gasteiger partial charge in [-0.15, -0.1) is 10.2 Å². The molecule has 4 nitrogen and oxygen atoms in total. The molecule has 1 rings (SSSR count). The van der Waals surface area contributed by atoms with Gasteiger partial charge in [-0.3, -0.25) is 4.79 Å². The molecule has 1 aromatic heterocycles. The predicted molar refractivity (Wildman–Crippen MR) is 59.0 cm³/mol. The molecule has 0 amide bonds. The molecule has 0 bridgehead atoms. The molecule has 0 radical (unpaired) electrons. The summed E-state index contributed by atoms with van der Waals surface area (Å²) in [6.07, 6.45) is 1.94. The maximum absolute atomic E-state index is 11.1. The summed E-state index contributed by atoms with van der Waals surface area (Å²) >= 11 is 4.40. The van der Waals surface area contributed by atoms with E-state index in [4.69, 9.17) is 0 Å². The lowest BCUT2D eigenvalue weighted by molar-refractivity contribution is -0.139. The average Bonchev–Trinajstić information content (AvgIpc) is 2.64. The highest BCUT2D eigenvalue weighted by Crippen LogP contribution is 2.30. The number of esters is 1. The molecule has 1 atom stereocenters. The minimum absolute atomic E-state index is 0.234. The standard InChI is InChI=1S/C7H10N2O2S3/c1-4(5(10)11-2)13-7-9-8-6(12-3)14-7/h4H,1-3H3/t4-/m0/s1. The van der Waals surface area contributed by atoms with Gasteiger partial charge in [0.2, 0.25) is 0 Å². The van der Waals surface area contributed by atoms with Crippen LogP contribution in [0.5, 0.6) is 0 Å². The Hall–Kier alpha value is -0.270. The van der Waals surface area contributed by atoms with Crippen LogP contribution in [0.25, 0.3) is 0 Å². The van der Waals surface area contributed by atoms with Crippen LogP contribution in [0.15, 0.2) is 8.68 Å². The molecule has 0 unspecified atom stereocenters. The number of nitrogens with zero attached hydrogens (tertiary/aromatic N) is 2. The van der Waals surface area contributed by atoms with Crippen LogP contribution in [0.1, 0.15) is 6.92 Å². The Morgan fingerprint density at radius 2 is 2.14 bits per heavy atom. The van der Waals surface area contributed by atoms with Crippen LogP contribution in [0.4, 0.5) is 0 Å². The molecule has 0 aliphatic heterocycles. The smallest absolute Gasteiger partial charge is 0.318 e. The fourth-order valence-corrected chi connectivity index (χ4v) is 3.30. The number of hydrogen-bond donors (Lipinski definition) is 0. The van der Waals surface area contributed by atoms with Crippen molar-refractivity contribution < 1.29 is 9.53 Å². The predicted octanol–water partition coefficient (Wildman–Crippen LogP) is 1.91. The van der Waals surface area contributed by atoms with Gasteiger partial charge in [-0.25, -0.2) is 0 Å². The second-order valence-electron chi connectivity index (χ2n) is 2.32. The summed E-state index contributed by atoms with van der Waals surface area (Å²) in [6.45, 7) is 1.79.